The molecule has 5 heteroatoms. The number of rotatable bonds is 3. The fraction of sp³-hybridized carbons (Fsp3) is 0.158. The van der Waals surface area contributed by atoms with Crippen LogP contribution in [-0.4, -0.2) is 27.5 Å². The zero-order valence-corrected chi connectivity index (χ0v) is 13.0. The average molecular weight is 319 g/mol. The van der Waals surface area contributed by atoms with Crippen LogP contribution in [0.15, 0.2) is 48.7 Å². The number of carbonyl (C=O) groups excluding carboxylic acids is 1. The Hall–Kier alpha value is -2.92. The van der Waals surface area contributed by atoms with Crippen molar-refractivity contribution in [3.63, 3.8) is 0 Å². The lowest BCUT2D eigenvalue weighted by Crippen LogP contribution is -2.31. The molecule has 0 fully saturated rings. The Balaban J connectivity index is 1.71. The van der Waals surface area contributed by atoms with Gasteiger partial charge in [0.15, 0.2) is 0 Å². The Morgan fingerprint density at radius 1 is 1.08 bits per heavy atom. The maximum Gasteiger partial charge on any atom is 0.253 e. The molecule has 2 aromatic heterocycles. The van der Waals surface area contributed by atoms with E-state index in [1.807, 2.05) is 42.5 Å². The molecule has 3 aromatic rings. The Morgan fingerprint density at radius 2 is 1.92 bits per heavy atom. The summed E-state index contributed by atoms with van der Waals surface area (Å²) in [4.78, 5) is 19.7. The number of carbonyl (C=O) groups is 1. The van der Waals surface area contributed by atoms with Crippen molar-refractivity contribution in [2.24, 2.45) is 0 Å². The van der Waals surface area contributed by atoms with Gasteiger partial charge in [-0.15, -0.1) is 0 Å². The summed E-state index contributed by atoms with van der Waals surface area (Å²) in [5, 5.41) is 12.0. The van der Waals surface area contributed by atoms with E-state index in [0.29, 0.717) is 6.54 Å². The Labute approximate surface area is 139 Å². The van der Waals surface area contributed by atoms with E-state index >= 15 is 0 Å². The molecule has 0 saturated heterocycles. The summed E-state index contributed by atoms with van der Waals surface area (Å²) >= 11 is 0. The number of hydrogen-bond donors (Lipinski definition) is 3. The van der Waals surface area contributed by atoms with Gasteiger partial charge >= 0.3 is 0 Å². The van der Waals surface area contributed by atoms with Gasteiger partial charge in [-0.05, 0) is 23.8 Å². The molecule has 0 aliphatic carbocycles. The van der Waals surface area contributed by atoms with E-state index in [9.17, 15) is 4.79 Å². The molecule has 0 spiro atoms. The second-order valence-corrected chi connectivity index (χ2v) is 5.87. The van der Waals surface area contributed by atoms with Crippen molar-refractivity contribution in [3.8, 4) is 22.5 Å². The van der Waals surface area contributed by atoms with Crippen LogP contribution in [0.5, 0.6) is 0 Å². The number of aliphatic hydroxyl groups excluding tert-OH is 1. The number of aromatic amines is 1. The van der Waals surface area contributed by atoms with Gasteiger partial charge in [0.1, 0.15) is 0 Å². The van der Waals surface area contributed by atoms with Gasteiger partial charge in [-0.2, -0.15) is 0 Å². The molecule has 1 aliphatic rings. The minimum Gasteiger partial charge on any atom is -0.392 e. The van der Waals surface area contributed by atoms with Crippen LogP contribution in [-0.2, 0) is 13.0 Å². The molecule has 24 heavy (non-hydrogen) atoms. The lowest BCUT2D eigenvalue weighted by atomic mass is 10.1. The Bertz CT molecular complexity index is 897. The highest BCUT2D eigenvalue weighted by atomic mass is 16.3. The second kappa shape index (κ2) is 5.94. The number of amides is 1. The van der Waals surface area contributed by atoms with E-state index in [4.69, 9.17) is 5.11 Å². The summed E-state index contributed by atoms with van der Waals surface area (Å²) in [7, 11) is 0. The molecule has 3 N–H and O–H groups in total. The van der Waals surface area contributed by atoms with Crippen LogP contribution >= 0.6 is 0 Å². The van der Waals surface area contributed by atoms with E-state index in [-0.39, 0.29) is 12.5 Å². The number of benzene rings is 1. The van der Waals surface area contributed by atoms with Gasteiger partial charge in [-0.1, -0.05) is 24.3 Å². The molecule has 0 saturated carbocycles. The normalized spacial score (nSPS) is 13.5. The van der Waals surface area contributed by atoms with Crippen molar-refractivity contribution in [2.45, 2.75) is 13.0 Å². The van der Waals surface area contributed by atoms with Crippen molar-refractivity contribution in [3.05, 3.63) is 65.5 Å². The van der Waals surface area contributed by atoms with Crippen molar-refractivity contribution in [1.82, 2.24) is 15.3 Å². The number of hydrogen-bond acceptors (Lipinski definition) is 3. The monoisotopic (exact) mass is 319 g/mol. The topological polar surface area (TPSA) is 78.0 Å². The minimum absolute atomic E-state index is 0.0207. The molecule has 5 nitrogen and oxygen atoms in total. The van der Waals surface area contributed by atoms with Gasteiger partial charge in [0.05, 0.1) is 17.9 Å². The predicted molar refractivity (Wildman–Crippen MR) is 91.4 cm³/mol. The number of fused-ring (bicyclic) bond motifs is 1. The van der Waals surface area contributed by atoms with Crippen molar-refractivity contribution in [2.75, 3.05) is 6.54 Å². The molecule has 4 rings (SSSR count). The molecule has 1 aliphatic heterocycles. The van der Waals surface area contributed by atoms with Gasteiger partial charge in [-0.3, -0.25) is 9.78 Å². The molecule has 0 atom stereocenters. The molecule has 0 radical (unpaired) electrons. The Kier molecular flexibility index (Phi) is 3.63. The van der Waals surface area contributed by atoms with E-state index in [2.05, 4.69) is 15.3 Å². The third-order valence-electron chi connectivity index (χ3n) is 4.31. The van der Waals surface area contributed by atoms with Gasteiger partial charge in [-0.25, -0.2) is 0 Å². The second-order valence-electron chi connectivity index (χ2n) is 5.87. The molecule has 3 heterocycles. The van der Waals surface area contributed by atoms with Crippen molar-refractivity contribution < 1.29 is 9.90 Å². The van der Waals surface area contributed by atoms with Crippen LogP contribution in [0.2, 0.25) is 0 Å². The minimum atomic E-state index is -0.0207. The third-order valence-corrected chi connectivity index (χ3v) is 4.31. The summed E-state index contributed by atoms with van der Waals surface area (Å²) in [5.74, 6) is -0.0207. The molecule has 1 amide bonds. The maximum atomic E-state index is 11.9. The summed E-state index contributed by atoms with van der Waals surface area (Å²) in [6.07, 6.45) is 2.59. The molecule has 0 unspecified atom stereocenters. The quantitative estimate of drug-likeness (QED) is 0.694. The van der Waals surface area contributed by atoms with Crippen LogP contribution in [0, 0.1) is 0 Å². The van der Waals surface area contributed by atoms with Crippen LogP contribution in [0.3, 0.4) is 0 Å². The van der Waals surface area contributed by atoms with Gasteiger partial charge < -0.3 is 15.4 Å². The van der Waals surface area contributed by atoms with E-state index in [1.54, 1.807) is 6.20 Å². The van der Waals surface area contributed by atoms with Crippen molar-refractivity contribution >= 4 is 5.91 Å². The maximum absolute atomic E-state index is 11.9. The fourth-order valence-corrected chi connectivity index (χ4v) is 2.99. The average Bonchev–Trinajstić information content (AvgIpc) is 3.08. The smallest absolute Gasteiger partial charge is 0.253 e. The lowest BCUT2D eigenvalue weighted by molar-refractivity contribution is 0.0946. The van der Waals surface area contributed by atoms with Crippen molar-refractivity contribution in [1.29, 1.82) is 0 Å². The number of aliphatic hydroxyl groups is 1. The summed E-state index contributed by atoms with van der Waals surface area (Å²) < 4.78 is 0. The number of aromatic nitrogens is 2. The first-order chi connectivity index (χ1) is 11.7. The van der Waals surface area contributed by atoms with Crippen LogP contribution in [0.4, 0.5) is 0 Å². The Morgan fingerprint density at radius 3 is 2.67 bits per heavy atom. The summed E-state index contributed by atoms with van der Waals surface area (Å²) in [6.45, 7) is 0.703. The number of H-pyrrole nitrogens is 1. The molecule has 1 aromatic carbocycles. The number of pyridine rings is 1. The van der Waals surface area contributed by atoms with Gasteiger partial charge in [0, 0.05) is 41.7 Å². The predicted octanol–water partition coefficient (Wildman–Crippen LogP) is 2.52. The fourth-order valence-electron chi connectivity index (χ4n) is 2.99. The first-order valence-electron chi connectivity index (χ1n) is 7.91. The highest BCUT2D eigenvalue weighted by Gasteiger charge is 2.20. The zero-order chi connectivity index (χ0) is 16.5. The third kappa shape index (κ3) is 2.59. The number of nitrogens with zero attached hydrogens (tertiary/aromatic N) is 1. The lowest BCUT2D eigenvalue weighted by Gasteiger charge is -2.10. The standard InChI is InChI=1S/C19H17N3O2/c23-11-12-1-3-13(4-2-12)17-9-14(5-7-20-17)18-10-15-16(22-18)6-8-21-19(15)24/h1-5,7,9-10,22-23H,6,8,11H2,(H,21,24). The van der Waals surface area contributed by atoms with Gasteiger partial charge in [0.2, 0.25) is 0 Å². The molecule has 120 valence electrons. The van der Waals surface area contributed by atoms with Crippen LogP contribution in [0.25, 0.3) is 22.5 Å². The summed E-state index contributed by atoms with van der Waals surface area (Å²) in [6, 6.07) is 13.5. The van der Waals surface area contributed by atoms with E-state index in [1.165, 1.54) is 0 Å². The van der Waals surface area contributed by atoms with E-state index in [0.717, 1.165) is 45.8 Å². The highest BCUT2D eigenvalue weighted by molar-refractivity contribution is 5.97. The summed E-state index contributed by atoms with van der Waals surface area (Å²) in [5.41, 5.74) is 6.34. The first kappa shape index (κ1) is 14.7. The molecule has 0 bridgehead atoms. The number of nitrogens with one attached hydrogen (secondary N) is 2. The largest absolute Gasteiger partial charge is 0.392 e. The first-order valence-corrected chi connectivity index (χ1v) is 7.91. The van der Waals surface area contributed by atoms with Crippen LogP contribution < -0.4 is 5.32 Å². The highest BCUT2D eigenvalue weighted by Crippen LogP contribution is 2.27. The van der Waals surface area contributed by atoms with Gasteiger partial charge in [0.25, 0.3) is 5.91 Å². The van der Waals surface area contributed by atoms with E-state index < -0.39 is 0 Å². The zero-order valence-electron chi connectivity index (χ0n) is 13.0. The molecular formula is C19H17N3O2. The SMILES string of the molecule is O=C1NCCc2[nH]c(-c3ccnc(-c4ccc(CO)cc4)c3)cc21. The van der Waals surface area contributed by atoms with Crippen LogP contribution in [0.1, 0.15) is 21.6 Å². The molecular weight excluding hydrogens is 302 g/mol.